The molecule has 0 unspecified atom stereocenters. The lowest BCUT2D eigenvalue weighted by Gasteiger charge is -2.08. The Labute approximate surface area is 162 Å². The van der Waals surface area contributed by atoms with E-state index in [1.54, 1.807) is 35.1 Å². The highest BCUT2D eigenvalue weighted by molar-refractivity contribution is 5.94. The normalized spacial score (nSPS) is 10.5. The van der Waals surface area contributed by atoms with Gasteiger partial charge < -0.3 is 15.8 Å². The van der Waals surface area contributed by atoms with Gasteiger partial charge in [-0.1, -0.05) is 6.07 Å². The Morgan fingerprint density at radius 1 is 1.14 bits per heavy atom. The molecule has 2 amide bonds. The summed E-state index contributed by atoms with van der Waals surface area (Å²) in [6, 6.07) is 12.2. The van der Waals surface area contributed by atoms with Crippen LogP contribution in [0.1, 0.15) is 27.3 Å². The number of aryl methyl sites for hydroxylation is 2. The van der Waals surface area contributed by atoms with Crippen LogP contribution >= 0.6 is 0 Å². The Morgan fingerprint density at radius 2 is 1.89 bits per heavy atom. The maximum absolute atomic E-state index is 12.3. The number of nitrogens with one attached hydrogen (secondary N) is 1. The SMILES string of the molecule is Cc1cc(C)n(-c2ccc(CNC(=O)c3ccc(OCC(N)=O)cc3)cn2)n1. The van der Waals surface area contributed by atoms with Crippen LogP contribution < -0.4 is 15.8 Å². The molecule has 8 heteroatoms. The van der Waals surface area contributed by atoms with E-state index < -0.39 is 5.91 Å². The lowest BCUT2D eigenvalue weighted by Crippen LogP contribution is -2.23. The van der Waals surface area contributed by atoms with Crippen LogP contribution in [0.5, 0.6) is 5.75 Å². The van der Waals surface area contributed by atoms with Gasteiger partial charge in [0.05, 0.1) is 5.69 Å². The van der Waals surface area contributed by atoms with Crippen LogP contribution in [0.4, 0.5) is 0 Å². The van der Waals surface area contributed by atoms with E-state index >= 15 is 0 Å². The second-order valence-electron chi connectivity index (χ2n) is 6.33. The van der Waals surface area contributed by atoms with Crippen molar-refractivity contribution in [3.05, 3.63) is 71.2 Å². The van der Waals surface area contributed by atoms with E-state index in [0.29, 0.717) is 17.9 Å². The van der Waals surface area contributed by atoms with Crippen molar-refractivity contribution in [2.75, 3.05) is 6.61 Å². The van der Waals surface area contributed by atoms with Crippen molar-refractivity contribution in [2.24, 2.45) is 5.73 Å². The molecule has 0 aliphatic rings. The first-order valence-corrected chi connectivity index (χ1v) is 8.70. The monoisotopic (exact) mass is 379 g/mol. The highest BCUT2D eigenvalue weighted by Gasteiger charge is 2.08. The van der Waals surface area contributed by atoms with Crippen LogP contribution in [-0.4, -0.2) is 33.2 Å². The number of nitrogens with zero attached hydrogens (tertiary/aromatic N) is 3. The molecule has 3 N–H and O–H groups in total. The molecule has 1 aromatic carbocycles. The second kappa shape index (κ2) is 8.34. The predicted octanol–water partition coefficient (Wildman–Crippen LogP) is 1.68. The molecule has 0 atom stereocenters. The van der Waals surface area contributed by atoms with Crippen LogP contribution in [0.2, 0.25) is 0 Å². The number of hydrogen-bond acceptors (Lipinski definition) is 5. The van der Waals surface area contributed by atoms with Gasteiger partial charge >= 0.3 is 0 Å². The molecular weight excluding hydrogens is 358 g/mol. The summed E-state index contributed by atoms with van der Waals surface area (Å²) in [5.41, 5.74) is 8.33. The maximum atomic E-state index is 12.3. The molecule has 0 radical (unpaired) electrons. The standard InChI is InChI=1S/C20H21N5O3/c1-13-9-14(2)25(24-13)19-8-3-15(10-22-19)11-23-20(27)16-4-6-17(7-5-16)28-12-18(21)26/h3-10H,11-12H2,1-2H3,(H2,21,26)(H,23,27). The van der Waals surface area contributed by atoms with Gasteiger partial charge in [0, 0.05) is 24.0 Å². The van der Waals surface area contributed by atoms with Crippen molar-refractivity contribution in [3.63, 3.8) is 0 Å². The first-order chi connectivity index (χ1) is 13.4. The molecule has 3 rings (SSSR count). The average molecular weight is 379 g/mol. The summed E-state index contributed by atoms with van der Waals surface area (Å²) in [7, 11) is 0. The number of carbonyl (C=O) groups excluding carboxylic acids is 2. The van der Waals surface area contributed by atoms with E-state index in [-0.39, 0.29) is 12.5 Å². The van der Waals surface area contributed by atoms with Gasteiger partial charge in [0.25, 0.3) is 11.8 Å². The summed E-state index contributed by atoms with van der Waals surface area (Å²) in [6.07, 6.45) is 1.72. The number of rotatable bonds is 7. The van der Waals surface area contributed by atoms with Crippen molar-refractivity contribution in [3.8, 4) is 11.6 Å². The van der Waals surface area contributed by atoms with Gasteiger partial charge in [-0.3, -0.25) is 9.59 Å². The predicted molar refractivity (Wildman–Crippen MR) is 103 cm³/mol. The van der Waals surface area contributed by atoms with Gasteiger partial charge in [-0.15, -0.1) is 0 Å². The summed E-state index contributed by atoms with van der Waals surface area (Å²) in [5.74, 6) is 0.426. The van der Waals surface area contributed by atoms with E-state index in [2.05, 4.69) is 15.4 Å². The molecule has 0 spiro atoms. The fourth-order valence-electron chi connectivity index (χ4n) is 2.65. The van der Waals surface area contributed by atoms with Crippen molar-refractivity contribution in [1.29, 1.82) is 0 Å². The van der Waals surface area contributed by atoms with E-state index in [4.69, 9.17) is 10.5 Å². The van der Waals surface area contributed by atoms with Crippen LogP contribution in [0.15, 0.2) is 48.7 Å². The highest BCUT2D eigenvalue weighted by Crippen LogP contribution is 2.13. The number of hydrogen-bond donors (Lipinski definition) is 2. The quantitative estimate of drug-likeness (QED) is 0.649. The number of benzene rings is 1. The van der Waals surface area contributed by atoms with Crippen molar-refractivity contribution >= 4 is 11.8 Å². The minimum absolute atomic E-state index is 0.202. The first-order valence-electron chi connectivity index (χ1n) is 8.70. The Hall–Kier alpha value is -3.68. The number of aromatic nitrogens is 3. The Balaban J connectivity index is 1.57. The minimum Gasteiger partial charge on any atom is -0.484 e. The van der Waals surface area contributed by atoms with Crippen molar-refractivity contribution in [1.82, 2.24) is 20.1 Å². The fraction of sp³-hybridized carbons (Fsp3) is 0.200. The number of amides is 2. The molecule has 144 valence electrons. The second-order valence-corrected chi connectivity index (χ2v) is 6.33. The Kier molecular flexibility index (Phi) is 5.69. The molecule has 2 heterocycles. The topological polar surface area (TPSA) is 112 Å². The average Bonchev–Trinajstić information content (AvgIpc) is 3.03. The summed E-state index contributed by atoms with van der Waals surface area (Å²) in [4.78, 5) is 27.4. The number of primary amides is 1. The molecule has 0 fully saturated rings. The van der Waals surface area contributed by atoms with Gasteiger partial charge in [0.2, 0.25) is 0 Å². The van der Waals surface area contributed by atoms with Gasteiger partial charge in [-0.25, -0.2) is 9.67 Å². The Bertz CT molecular complexity index is 978. The molecule has 3 aromatic rings. The summed E-state index contributed by atoms with van der Waals surface area (Å²) in [6.45, 7) is 4.05. The smallest absolute Gasteiger partial charge is 0.255 e. The number of nitrogens with two attached hydrogens (primary N) is 1. The molecule has 2 aromatic heterocycles. The third-order valence-corrected chi connectivity index (χ3v) is 3.99. The minimum atomic E-state index is -0.556. The molecule has 8 nitrogen and oxygen atoms in total. The van der Waals surface area contributed by atoms with E-state index in [1.807, 2.05) is 32.0 Å². The number of pyridine rings is 1. The largest absolute Gasteiger partial charge is 0.484 e. The molecule has 0 saturated carbocycles. The van der Waals surface area contributed by atoms with Crippen molar-refractivity contribution in [2.45, 2.75) is 20.4 Å². The number of ether oxygens (including phenoxy) is 1. The molecule has 0 saturated heterocycles. The van der Waals surface area contributed by atoms with Gasteiger partial charge in [-0.05, 0) is 55.8 Å². The Morgan fingerprint density at radius 3 is 2.46 bits per heavy atom. The van der Waals surface area contributed by atoms with Crippen LogP contribution in [-0.2, 0) is 11.3 Å². The zero-order valence-electron chi connectivity index (χ0n) is 15.7. The van der Waals surface area contributed by atoms with Crippen molar-refractivity contribution < 1.29 is 14.3 Å². The lowest BCUT2D eigenvalue weighted by atomic mass is 10.2. The molecule has 28 heavy (non-hydrogen) atoms. The summed E-state index contributed by atoms with van der Waals surface area (Å²) < 4.78 is 6.94. The maximum Gasteiger partial charge on any atom is 0.255 e. The molecule has 0 bridgehead atoms. The van der Waals surface area contributed by atoms with Crippen LogP contribution in [0, 0.1) is 13.8 Å². The van der Waals surface area contributed by atoms with E-state index in [1.165, 1.54) is 0 Å². The van der Waals surface area contributed by atoms with E-state index in [0.717, 1.165) is 22.8 Å². The molecule has 0 aliphatic carbocycles. The third-order valence-electron chi connectivity index (χ3n) is 3.99. The van der Waals surface area contributed by atoms with E-state index in [9.17, 15) is 9.59 Å². The number of carbonyl (C=O) groups is 2. The fourth-order valence-corrected chi connectivity index (χ4v) is 2.65. The summed E-state index contributed by atoms with van der Waals surface area (Å²) >= 11 is 0. The zero-order valence-corrected chi connectivity index (χ0v) is 15.7. The third kappa shape index (κ3) is 4.73. The lowest BCUT2D eigenvalue weighted by molar-refractivity contribution is -0.119. The first kappa shape index (κ1) is 19.1. The molecule has 0 aliphatic heterocycles. The molecular formula is C20H21N5O3. The van der Waals surface area contributed by atoms with Crippen LogP contribution in [0.25, 0.3) is 5.82 Å². The highest BCUT2D eigenvalue weighted by atomic mass is 16.5. The summed E-state index contributed by atoms with van der Waals surface area (Å²) in [5, 5.41) is 7.25. The zero-order chi connectivity index (χ0) is 20.1. The van der Waals surface area contributed by atoms with Gasteiger partial charge in [-0.2, -0.15) is 5.10 Å². The van der Waals surface area contributed by atoms with Crippen LogP contribution in [0.3, 0.4) is 0 Å². The van der Waals surface area contributed by atoms with Gasteiger partial charge in [0.1, 0.15) is 5.75 Å². The van der Waals surface area contributed by atoms with Gasteiger partial charge in [0.15, 0.2) is 12.4 Å².